The van der Waals surface area contributed by atoms with Gasteiger partial charge in [0.1, 0.15) is 0 Å². The van der Waals surface area contributed by atoms with Crippen LogP contribution in [0.5, 0.6) is 0 Å². The molecule has 6 aliphatic heterocycles. The first kappa shape index (κ1) is 37.6. The summed E-state index contributed by atoms with van der Waals surface area (Å²) in [6.45, 7) is 18.4. The Hall–Kier alpha value is 0.0400. The highest BCUT2D eigenvalue weighted by Gasteiger charge is 2.30. The van der Waals surface area contributed by atoms with Gasteiger partial charge in [0.05, 0.1) is 25.4 Å². The largest absolute Gasteiger partial charge is 0.0860 e. The third kappa shape index (κ3) is 6.70. The summed E-state index contributed by atoms with van der Waals surface area (Å²) in [4.78, 5) is 16.7. The molecule has 0 aliphatic carbocycles. The molecule has 6 heterocycles. The minimum Gasteiger partial charge on any atom is -0.0860 e. The minimum atomic E-state index is 1.36. The normalized spacial score (nSPS) is 20.4. The molecule has 264 valence electrons. The zero-order chi connectivity index (χ0) is 36.0. The van der Waals surface area contributed by atoms with Crippen molar-refractivity contribution in [2.45, 2.75) is 75.0 Å². The highest BCUT2D eigenvalue weighted by atomic mass is 32.2. The second-order valence-corrected chi connectivity index (χ2v) is 28.1. The highest BCUT2D eigenvalue weighted by molar-refractivity contribution is 8.37. The van der Waals surface area contributed by atoms with Crippen LogP contribution < -0.4 is 31.3 Å². The van der Waals surface area contributed by atoms with Gasteiger partial charge in [0, 0.05) is 50.9 Å². The average molecular weight is 898 g/mol. The van der Waals surface area contributed by atoms with Gasteiger partial charge in [-0.2, -0.15) is 0 Å². The monoisotopic (exact) mass is 896 g/mol. The van der Waals surface area contributed by atoms with E-state index in [0.717, 1.165) is 0 Å². The Balaban J connectivity index is 1.62. The fourth-order valence-corrected chi connectivity index (χ4v) is 21.7. The van der Waals surface area contributed by atoms with Gasteiger partial charge in [0.25, 0.3) is 0 Å². The molecule has 3 aromatic rings. The van der Waals surface area contributed by atoms with Crippen molar-refractivity contribution in [2.75, 3.05) is 0 Å². The van der Waals surface area contributed by atoms with Crippen molar-refractivity contribution < 1.29 is 0 Å². The van der Waals surface area contributed by atoms with Crippen LogP contribution in [0, 0.1) is 0 Å². The maximum absolute atomic E-state index is 2.31. The van der Waals surface area contributed by atoms with Crippen LogP contribution in [0.2, 0.25) is 0 Å². The van der Waals surface area contributed by atoms with Gasteiger partial charge in [-0.25, -0.2) is 0 Å². The molecule has 0 fully saturated rings. The van der Waals surface area contributed by atoms with Gasteiger partial charge in [-0.1, -0.05) is 165 Å². The van der Waals surface area contributed by atoms with Gasteiger partial charge < -0.3 is 0 Å². The first-order chi connectivity index (χ1) is 25.0. The predicted octanol–water partition coefficient (Wildman–Crippen LogP) is 12.8. The van der Waals surface area contributed by atoms with Crippen molar-refractivity contribution in [1.82, 2.24) is 0 Å². The molecule has 0 atom stereocenters. The van der Waals surface area contributed by atoms with E-state index in [0.29, 0.717) is 0 Å². The van der Waals surface area contributed by atoms with Crippen LogP contribution in [0.4, 0.5) is 0 Å². The SMILES string of the molecule is CC1=C(C)SC(=c2c(=C3SC(C)=C(C)S3)c(=C3SC(C)=C(C)S3)c(=C3Sc4ccccc4S3)c(=C3Sc4ccccc4S3)c2=C2SC(C)=C(C)S2)S1. The second kappa shape index (κ2) is 15.1. The van der Waals surface area contributed by atoms with Crippen molar-refractivity contribution >= 4 is 167 Å². The third-order valence-corrected chi connectivity index (χ3v) is 24.8. The van der Waals surface area contributed by atoms with Gasteiger partial charge in [-0.3, -0.25) is 0 Å². The molecule has 0 saturated carbocycles. The molecule has 0 unspecified atom stereocenters. The van der Waals surface area contributed by atoms with Crippen LogP contribution >= 0.6 is 141 Å². The summed E-state index contributed by atoms with van der Waals surface area (Å²) in [5, 5.41) is 8.55. The Kier molecular flexibility index (Phi) is 10.9. The second-order valence-electron chi connectivity index (χ2n) is 12.5. The lowest BCUT2D eigenvalue weighted by Gasteiger charge is -2.13. The molecule has 9 rings (SSSR count). The Morgan fingerprint density at radius 1 is 0.231 bits per heavy atom. The Morgan fingerprint density at radius 2 is 0.385 bits per heavy atom. The van der Waals surface area contributed by atoms with Crippen LogP contribution in [0.25, 0.3) is 25.4 Å². The molecule has 0 nitrogen and oxygen atoms in total. The summed E-state index contributed by atoms with van der Waals surface area (Å²) in [6.07, 6.45) is 0. The standard InChI is InChI=1S/C40H32S12/c1-17-18(2)42-35(41-17)29-30(36-43-19(3)20(4)44-36)32(38-47-23(7)24(8)48-38)34(40-51-27-15-11-12-16-28(27)52-40)33(31(29)37-45-21(5)22(6)46-37)39-49-25-13-9-10-14-26(25)50-39/h9-16H,1-8H3. The Morgan fingerprint density at radius 3 is 0.558 bits per heavy atom. The average Bonchev–Trinajstić information content (AvgIpc) is 3.98. The van der Waals surface area contributed by atoms with E-state index < -0.39 is 0 Å². The number of rotatable bonds is 0. The zero-order valence-corrected chi connectivity index (χ0v) is 39.3. The number of benzene rings is 3. The molecule has 0 amide bonds. The fourth-order valence-electron chi connectivity index (χ4n) is 6.04. The molecule has 0 radical (unpaired) electrons. The van der Waals surface area contributed by atoms with E-state index in [4.69, 9.17) is 0 Å². The van der Waals surface area contributed by atoms with E-state index in [1.807, 2.05) is 141 Å². The number of hydrogen-bond donors (Lipinski definition) is 0. The maximum atomic E-state index is 2.31. The Bertz CT molecular complexity index is 2410. The predicted molar refractivity (Wildman–Crippen MR) is 255 cm³/mol. The Labute approximate surface area is 356 Å². The van der Waals surface area contributed by atoms with Gasteiger partial charge in [0.2, 0.25) is 0 Å². The van der Waals surface area contributed by atoms with E-state index in [9.17, 15) is 0 Å². The first-order valence-electron chi connectivity index (χ1n) is 16.6. The van der Waals surface area contributed by atoms with Crippen molar-refractivity contribution in [2.24, 2.45) is 0 Å². The molecule has 3 aromatic carbocycles. The summed E-state index contributed by atoms with van der Waals surface area (Å²) in [5.41, 5.74) is 0. The van der Waals surface area contributed by atoms with Gasteiger partial charge in [0.15, 0.2) is 0 Å². The molecule has 0 bridgehead atoms. The lowest BCUT2D eigenvalue weighted by atomic mass is 10.1. The summed E-state index contributed by atoms with van der Waals surface area (Å²) in [7, 11) is 0. The summed E-state index contributed by atoms with van der Waals surface area (Å²) < 4.78 is 8.46. The topological polar surface area (TPSA) is 0 Å². The lowest BCUT2D eigenvalue weighted by Crippen LogP contribution is -2.67. The minimum absolute atomic E-state index is 1.36. The summed E-state index contributed by atoms with van der Waals surface area (Å²) in [6, 6.07) is 18.0. The van der Waals surface area contributed by atoms with E-state index in [-0.39, 0.29) is 0 Å². The van der Waals surface area contributed by atoms with Crippen LogP contribution in [0.1, 0.15) is 55.4 Å². The zero-order valence-electron chi connectivity index (χ0n) is 29.5. The van der Waals surface area contributed by atoms with Crippen LogP contribution in [-0.2, 0) is 0 Å². The fraction of sp³-hybridized carbons (Fsp3) is 0.200. The van der Waals surface area contributed by atoms with Crippen molar-refractivity contribution in [3.63, 3.8) is 0 Å². The maximum Gasteiger partial charge on any atom is 0.0585 e. The molecule has 0 N–H and O–H groups in total. The van der Waals surface area contributed by atoms with E-state index >= 15 is 0 Å². The van der Waals surface area contributed by atoms with Crippen LogP contribution in [-0.4, -0.2) is 0 Å². The van der Waals surface area contributed by atoms with Crippen molar-refractivity contribution in [3.05, 3.63) is 119 Å². The highest BCUT2D eigenvalue weighted by Crippen LogP contribution is 2.55. The number of thioether (sulfide) groups is 12. The van der Waals surface area contributed by atoms with Gasteiger partial charge in [-0.05, 0) is 119 Å². The third-order valence-electron chi connectivity index (χ3n) is 9.18. The van der Waals surface area contributed by atoms with Crippen LogP contribution in [0.3, 0.4) is 0 Å². The van der Waals surface area contributed by atoms with E-state index in [2.05, 4.69) is 104 Å². The molecule has 0 aromatic heterocycles. The van der Waals surface area contributed by atoms with Crippen LogP contribution in [0.15, 0.2) is 107 Å². The summed E-state index contributed by atoms with van der Waals surface area (Å²) >= 11 is 23.8. The molecule has 52 heavy (non-hydrogen) atoms. The van der Waals surface area contributed by atoms with Crippen molar-refractivity contribution in [1.29, 1.82) is 0 Å². The van der Waals surface area contributed by atoms with E-state index in [1.54, 1.807) is 0 Å². The number of hydrogen-bond acceptors (Lipinski definition) is 12. The quantitative estimate of drug-likeness (QED) is 0.211. The van der Waals surface area contributed by atoms with E-state index in [1.165, 1.54) is 116 Å². The molecular weight excluding hydrogens is 865 g/mol. The number of fused-ring (bicyclic) bond motifs is 2. The molecule has 12 heteroatoms. The first-order valence-corrected chi connectivity index (χ1v) is 26.4. The molecule has 0 spiro atoms. The summed E-state index contributed by atoms with van der Waals surface area (Å²) in [5.74, 6) is 0. The molecule has 0 saturated heterocycles. The molecular formula is C40H32S12. The lowest BCUT2D eigenvalue weighted by molar-refractivity contribution is 1.27. The smallest absolute Gasteiger partial charge is 0.0585 e. The number of allylic oxidation sites excluding steroid dienone is 8. The van der Waals surface area contributed by atoms with Gasteiger partial charge in [-0.15, -0.1) is 0 Å². The van der Waals surface area contributed by atoms with Crippen molar-refractivity contribution in [3.8, 4) is 0 Å². The van der Waals surface area contributed by atoms with Gasteiger partial charge >= 0.3 is 0 Å². The molecule has 6 aliphatic rings.